The first kappa shape index (κ1) is 14.8. The molecule has 0 radical (unpaired) electrons. The molecule has 0 aliphatic rings. The largest absolute Gasteiger partial charge is 0.295 e. The van der Waals surface area contributed by atoms with Gasteiger partial charge in [-0.05, 0) is 78.4 Å². The highest BCUT2D eigenvalue weighted by Crippen LogP contribution is 2.29. The van der Waals surface area contributed by atoms with Gasteiger partial charge in [0, 0.05) is 9.26 Å². The van der Waals surface area contributed by atoms with Crippen molar-refractivity contribution in [1.82, 2.24) is 9.55 Å². The maximum absolute atomic E-state index is 13.5. The Kier molecular flexibility index (Phi) is 3.92. The van der Waals surface area contributed by atoms with Crippen LogP contribution in [0.5, 0.6) is 0 Å². The van der Waals surface area contributed by atoms with Crippen molar-refractivity contribution < 1.29 is 4.39 Å². The van der Waals surface area contributed by atoms with E-state index >= 15 is 0 Å². The van der Waals surface area contributed by atoms with Gasteiger partial charge in [-0.1, -0.05) is 0 Å². The molecule has 1 aromatic heterocycles. The summed E-state index contributed by atoms with van der Waals surface area (Å²) in [6.45, 7) is 3.64. The van der Waals surface area contributed by atoms with Crippen LogP contribution in [-0.4, -0.2) is 9.55 Å². The molecule has 2 nitrogen and oxygen atoms in total. The van der Waals surface area contributed by atoms with Gasteiger partial charge in [0.15, 0.2) is 0 Å². The lowest BCUT2D eigenvalue weighted by molar-refractivity contribution is 0.618. The lowest BCUT2D eigenvalue weighted by atomic mass is 10.2. The molecule has 0 fully saturated rings. The fourth-order valence-corrected chi connectivity index (χ4v) is 3.00. The lowest BCUT2D eigenvalue weighted by Gasteiger charge is -2.11. The summed E-state index contributed by atoms with van der Waals surface area (Å²) in [6.07, 6.45) is 0. The fraction of sp³-hybridized carbons (Fsp3) is 0.188. The van der Waals surface area contributed by atoms with Crippen LogP contribution < -0.4 is 0 Å². The summed E-state index contributed by atoms with van der Waals surface area (Å²) in [4.78, 5) is 4.63. The summed E-state index contributed by atoms with van der Waals surface area (Å²) < 4.78 is 16.6. The van der Waals surface area contributed by atoms with Gasteiger partial charge in [0.05, 0.1) is 16.4 Å². The first-order valence-electron chi connectivity index (χ1n) is 6.56. The van der Waals surface area contributed by atoms with E-state index in [1.165, 1.54) is 6.07 Å². The smallest absolute Gasteiger partial charge is 0.132 e. The quantitative estimate of drug-likeness (QED) is 0.407. The normalized spacial score (nSPS) is 12.8. The van der Waals surface area contributed by atoms with Crippen molar-refractivity contribution in [3.8, 4) is 5.69 Å². The summed E-state index contributed by atoms with van der Waals surface area (Å²) in [7, 11) is 0. The van der Waals surface area contributed by atoms with E-state index in [0.717, 1.165) is 26.1 Å². The number of nitrogens with zero attached hydrogens (tertiary/aromatic N) is 2. The summed E-state index contributed by atoms with van der Waals surface area (Å²) >= 11 is 8.54. The molecule has 0 spiro atoms. The van der Waals surface area contributed by atoms with Gasteiger partial charge in [0.1, 0.15) is 11.6 Å². The first-order chi connectivity index (χ1) is 9.97. The highest BCUT2D eigenvalue weighted by molar-refractivity contribution is 14.1. The van der Waals surface area contributed by atoms with Crippen LogP contribution in [0.15, 0.2) is 36.4 Å². The molecule has 3 aromatic rings. The molecule has 0 saturated heterocycles. The second kappa shape index (κ2) is 5.57. The Morgan fingerprint density at radius 1 is 1.24 bits per heavy atom. The van der Waals surface area contributed by atoms with Crippen LogP contribution in [0, 0.1) is 16.3 Å². The van der Waals surface area contributed by atoms with E-state index in [4.69, 9.17) is 11.6 Å². The van der Waals surface area contributed by atoms with E-state index in [1.54, 1.807) is 13.0 Å². The third-order valence-electron chi connectivity index (χ3n) is 3.40. The second-order valence-corrected chi connectivity index (χ2v) is 6.89. The molecule has 21 heavy (non-hydrogen) atoms. The van der Waals surface area contributed by atoms with Gasteiger partial charge in [0.25, 0.3) is 0 Å². The molecule has 5 heteroatoms. The molecule has 0 aliphatic heterocycles. The van der Waals surface area contributed by atoms with Crippen LogP contribution in [0.3, 0.4) is 0 Å². The first-order valence-corrected chi connectivity index (χ1v) is 8.07. The van der Waals surface area contributed by atoms with Gasteiger partial charge in [-0.25, -0.2) is 9.37 Å². The molecule has 0 amide bonds. The van der Waals surface area contributed by atoms with Crippen LogP contribution in [-0.2, 0) is 0 Å². The topological polar surface area (TPSA) is 17.8 Å². The molecule has 1 heterocycles. The van der Waals surface area contributed by atoms with Gasteiger partial charge in [-0.3, -0.25) is 4.57 Å². The van der Waals surface area contributed by atoms with Crippen LogP contribution >= 0.6 is 34.2 Å². The van der Waals surface area contributed by atoms with E-state index in [-0.39, 0.29) is 11.2 Å². The van der Waals surface area contributed by atoms with Crippen molar-refractivity contribution in [2.45, 2.75) is 19.2 Å². The summed E-state index contributed by atoms with van der Waals surface area (Å²) in [6, 6.07) is 11.1. The molecule has 0 bridgehead atoms. The van der Waals surface area contributed by atoms with Crippen LogP contribution in [0.25, 0.3) is 16.7 Å². The predicted molar refractivity (Wildman–Crippen MR) is 92.8 cm³/mol. The zero-order valence-electron chi connectivity index (χ0n) is 11.6. The second-order valence-electron chi connectivity index (χ2n) is 4.99. The number of benzene rings is 2. The van der Waals surface area contributed by atoms with Crippen molar-refractivity contribution in [3.63, 3.8) is 0 Å². The Hall–Kier alpha value is -1.14. The molecular weight excluding hydrogens is 402 g/mol. The van der Waals surface area contributed by atoms with Crippen molar-refractivity contribution in [2.24, 2.45) is 0 Å². The van der Waals surface area contributed by atoms with Crippen LogP contribution in [0.2, 0.25) is 0 Å². The number of aromatic nitrogens is 2. The van der Waals surface area contributed by atoms with Crippen molar-refractivity contribution in [2.75, 3.05) is 0 Å². The van der Waals surface area contributed by atoms with Gasteiger partial charge in [0.2, 0.25) is 0 Å². The Labute approximate surface area is 141 Å². The number of fused-ring (bicyclic) bond motifs is 1. The van der Waals surface area contributed by atoms with Gasteiger partial charge < -0.3 is 0 Å². The van der Waals surface area contributed by atoms with E-state index in [0.29, 0.717) is 5.56 Å². The summed E-state index contributed by atoms with van der Waals surface area (Å²) in [5.74, 6) is 0.554. The van der Waals surface area contributed by atoms with Gasteiger partial charge >= 0.3 is 0 Å². The third kappa shape index (κ3) is 2.66. The van der Waals surface area contributed by atoms with Crippen molar-refractivity contribution in [1.29, 1.82) is 0 Å². The molecule has 0 N–H and O–H groups in total. The number of hydrogen-bond donors (Lipinski definition) is 0. The molecule has 1 atom stereocenters. The Balaban J connectivity index is 2.33. The van der Waals surface area contributed by atoms with E-state index in [9.17, 15) is 4.39 Å². The van der Waals surface area contributed by atoms with Gasteiger partial charge in [-0.2, -0.15) is 0 Å². The minimum Gasteiger partial charge on any atom is -0.295 e. The molecular formula is C16H13ClFIN2. The Morgan fingerprint density at radius 3 is 2.67 bits per heavy atom. The number of halogens is 3. The molecule has 2 aromatic carbocycles. The van der Waals surface area contributed by atoms with Crippen LogP contribution in [0.1, 0.15) is 23.7 Å². The molecule has 1 unspecified atom stereocenters. The summed E-state index contributed by atoms with van der Waals surface area (Å²) in [5.41, 5.74) is 3.35. The Morgan fingerprint density at radius 2 is 2.00 bits per heavy atom. The minimum atomic E-state index is -0.236. The molecule has 3 rings (SSSR count). The number of hydrogen-bond acceptors (Lipinski definition) is 1. The third-order valence-corrected chi connectivity index (χ3v) is 4.26. The Bertz CT molecular complexity index is 827. The fourth-order valence-electron chi connectivity index (χ4n) is 2.38. The highest BCUT2D eigenvalue weighted by atomic mass is 127. The van der Waals surface area contributed by atoms with E-state index in [1.807, 2.05) is 35.8 Å². The SMILES string of the molecule is Cc1cc(-n2c(C(C)Cl)nc3cc(I)ccc32)ccc1F. The highest BCUT2D eigenvalue weighted by Gasteiger charge is 2.17. The summed E-state index contributed by atoms with van der Waals surface area (Å²) in [5, 5.41) is -0.236. The number of rotatable bonds is 2. The number of alkyl halides is 1. The maximum Gasteiger partial charge on any atom is 0.132 e. The predicted octanol–water partition coefficient (Wildman–Crippen LogP) is 5.38. The molecule has 108 valence electrons. The maximum atomic E-state index is 13.5. The number of imidazole rings is 1. The standard InChI is InChI=1S/C16H13ClFIN2/c1-9-7-12(4-5-13(9)18)21-15-6-3-11(19)8-14(15)20-16(21)10(2)17/h3-8,10H,1-2H3. The molecule has 0 saturated carbocycles. The monoisotopic (exact) mass is 414 g/mol. The van der Waals surface area contributed by atoms with E-state index in [2.05, 4.69) is 27.6 Å². The van der Waals surface area contributed by atoms with Crippen molar-refractivity contribution >= 4 is 45.2 Å². The zero-order chi connectivity index (χ0) is 15.1. The zero-order valence-corrected chi connectivity index (χ0v) is 14.5. The average Bonchev–Trinajstić information content (AvgIpc) is 2.80. The van der Waals surface area contributed by atoms with Crippen LogP contribution in [0.4, 0.5) is 4.39 Å². The lowest BCUT2D eigenvalue weighted by Crippen LogP contribution is -2.02. The number of aryl methyl sites for hydroxylation is 1. The minimum absolute atomic E-state index is 0.210. The van der Waals surface area contributed by atoms with Gasteiger partial charge in [-0.15, -0.1) is 11.6 Å². The van der Waals surface area contributed by atoms with E-state index < -0.39 is 0 Å². The average molecular weight is 415 g/mol. The molecule has 0 aliphatic carbocycles. The van der Waals surface area contributed by atoms with Crippen molar-refractivity contribution in [3.05, 3.63) is 57.2 Å².